The molecule has 2 aliphatic rings. The molecule has 0 aromatic heterocycles. The zero-order valence-electron chi connectivity index (χ0n) is 9.71. The highest BCUT2D eigenvalue weighted by molar-refractivity contribution is 4.98. The molecule has 0 spiro atoms. The van der Waals surface area contributed by atoms with E-state index in [1.807, 2.05) is 0 Å². The molecule has 2 saturated heterocycles. The van der Waals surface area contributed by atoms with Crippen LogP contribution in [0.15, 0.2) is 0 Å². The molecule has 2 heterocycles. The fourth-order valence-corrected chi connectivity index (χ4v) is 2.41. The summed E-state index contributed by atoms with van der Waals surface area (Å²) in [5.74, 6) is 0.262. The summed E-state index contributed by atoms with van der Waals surface area (Å²) in [4.78, 5) is 14.9. The van der Waals surface area contributed by atoms with Gasteiger partial charge in [0.25, 0.3) is 5.09 Å². The van der Waals surface area contributed by atoms with Crippen molar-refractivity contribution in [3.63, 3.8) is 0 Å². The first-order chi connectivity index (χ1) is 7.39. The summed E-state index contributed by atoms with van der Waals surface area (Å²) in [6.07, 6.45) is -0.952. The first kappa shape index (κ1) is 11.6. The van der Waals surface area contributed by atoms with Gasteiger partial charge >= 0.3 is 0 Å². The van der Waals surface area contributed by atoms with Crippen molar-refractivity contribution in [1.82, 2.24) is 0 Å². The van der Waals surface area contributed by atoms with Crippen LogP contribution in [0, 0.1) is 21.4 Å². The second-order valence-corrected chi connectivity index (χ2v) is 5.44. The van der Waals surface area contributed by atoms with Crippen molar-refractivity contribution < 1.29 is 19.4 Å². The van der Waals surface area contributed by atoms with E-state index < -0.39 is 11.2 Å². The van der Waals surface area contributed by atoms with Gasteiger partial charge in [0.15, 0.2) is 6.10 Å². The van der Waals surface area contributed by atoms with Gasteiger partial charge in [0, 0.05) is 5.92 Å². The largest absolute Gasteiger partial charge is 0.373 e. The van der Waals surface area contributed by atoms with E-state index >= 15 is 0 Å². The number of fused-ring (bicyclic) bond motifs is 1. The number of hydrogen-bond acceptors (Lipinski definition) is 5. The molecular formula is C10H17NO5. The Bertz CT molecular complexity index is 287. The average molecular weight is 231 g/mol. The number of ether oxygens (including phenoxy) is 2. The van der Waals surface area contributed by atoms with Crippen molar-refractivity contribution >= 4 is 0 Å². The highest BCUT2D eigenvalue weighted by atomic mass is 17.0. The Balaban J connectivity index is 2.03. The minimum absolute atomic E-state index is 0.0723. The summed E-state index contributed by atoms with van der Waals surface area (Å²) in [7, 11) is 0. The third-order valence-electron chi connectivity index (χ3n) is 3.34. The molecule has 3 unspecified atom stereocenters. The normalized spacial score (nSPS) is 38.4. The maximum absolute atomic E-state index is 10.3. The lowest BCUT2D eigenvalue weighted by Crippen LogP contribution is -2.36. The van der Waals surface area contributed by atoms with E-state index in [9.17, 15) is 10.1 Å². The van der Waals surface area contributed by atoms with E-state index in [1.165, 1.54) is 0 Å². The van der Waals surface area contributed by atoms with Crippen LogP contribution in [0.1, 0.15) is 20.8 Å². The molecule has 4 atom stereocenters. The molecule has 2 rings (SSSR count). The maximum Gasteiger partial charge on any atom is 0.294 e. The molecule has 0 aromatic carbocycles. The molecule has 16 heavy (non-hydrogen) atoms. The Labute approximate surface area is 94.0 Å². The van der Waals surface area contributed by atoms with E-state index in [1.54, 1.807) is 0 Å². The van der Waals surface area contributed by atoms with Crippen LogP contribution >= 0.6 is 0 Å². The molecular weight excluding hydrogens is 214 g/mol. The van der Waals surface area contributed by atoms with Crippen molar-refractivity contribution in [2.45, 2.75) is 39.1 Å². The van der Waals surface area contributed by atoms with Gasteiger partial charge in [-0.15, -0.1) is 10.1 Å². The van der Waals surface area contributed by atoms with Crippen molar-refractivity contribution in [2.24, 2.45) is 11.3 Å². The minimum atomic E-state index is -0.774. The van der Waals surface area contributed by atoms with Crippen LogP contribution in [-0.2, 0) is 14.3 Å². The summed E-state index contributed by atoms with van der Waals surface area (Å²) < 4.78 is 11.2. The van der Waals surface area contributed by atoms with Crippen LogP contribution in [0.2, 0.25) is 0 Å². The molecule has 0 aliphatic carbocycles. The van der Waals surface area contributed by atoms with Crippen LogP contribution < -0.4 is 0 Å². The third-order valence-corrected chi connectivity index (χ3v) is 3.34. The fraction of sp³-hybridized carbons (Fsp3) is 1.00. The van der Waals surface area contributed by atoms with E-state index in [0.29, 0.717) is 6.61 Å². The Morgan fingerprint density at radius 1 is 1.25 bits per heavy atom. The molecule has 2 fully saturated rings. The Kier molecular flexibility index (Phi) is 2.79. The summed E-state index contributed by atoms with van der Waals surface area (Å²) in [5, 5.41) is 9.52. The zero-order chi connectivity index (χ0) is 11.9. The van der Waals surface area contributed by atoms with Gasteiger partial charge in [0.2, 0.25) is 0 Å². The van der Waals surface area contributed by atoms with Crippen LogP contribution in [0.3, 0.4) is 0 Å². The second-order valence-electron chi connectivity index (χ2n) is 5.44. The Morgan fingerprint density at radius 2 is 1.88 bits per heavy atom. The quantitative estimate of drug-likeness (QED) is 0.524. The van der Waals surface area contributed by atoms with E-state index in [0.717, 1.165) is 0 Å². The lowest BCUT2D eigenvalue weighted by atomic mass is 9.78. The lowest BCUT2D eigenvalue weighted by Gasteiger charge is -2.29. The molecule has 0 bridgehead atoms. The first-order valence-corrected chi connectivity index (χ1v) is 5.44. The molecule has 0 saturated carbocycles. The molecule has 6 nitrogen and oxygen atoms in total. The van der Waals surface area contributed by atoms with Gasteiger partial charge in [-0.25, -0.2) is 0 Å². The number of rotatable bonds is 2. The third kappa shape index (κ3) is 1.99. The standard InChI is InChI=1S/C10H17NO5/c1-10(2,3)6-4-14-9-7(16-11(12)13)5-15-8(6)9/h6-9H,4-5H2,1-3H3/t6-,7?,8?,9?/m1/s1. The molecule has 0 radical (unpaired) electrons. The van der Waals surface area contributed by atoms with Crippen LogP contribution in [0.4, 0.5) is 0 Å². The van der Waals surface area contributed by atoms with Gasteiger partial charge in [0.05, 0.1) is 19.3 Å². The summed E-state index contributed by atoms with van der Waals surface area (Å²) in [5.41, 5.74) is 0.0723. The molecule has 0 N–H and O–H groups in total. The molecule has 0 amide bonds. The second kappa shape index (κ2) is 3.85. The van der Waals surface area contributed by atoms with Crippen molar-refractivity contribution in [1.29, 1.82) is 0 Å². The van der Waals surface area contributed by atoms with Crippen LogP contribution in [0.5, 0.6) is 0 Å². The lowest BCUT2D eigenvalue weighted by molar-refractivity contribution is -0.769. The first-order valence-electron chi connectivity index (χ1n) is 5.44. The SMILES string of the molecule is CC(C)(C)[C@@H]1COC2C(O[N+](=O)[O-])COC21. The molecule has 6 heteroatoms. The topological polar surface area (TPSA) is 70.8 Å². The van der Waals surface area contributed by atoms with Gasteiger partial charge in [-0.1, -0.05) is 20.8 Å². The van der Waals surface area contributed by atoms with Gasteiger partial charge in [-0.3, -0.25) is 0 Å². The number of nitrogens with zero attached hydrogens (tertiary/aromatic N) is 1. The monoisotopic (exact) mass is 231 g/mol. The molecule has 0 aromatic rings. The van der Waals surface area contributed by atoms with Crippen molar-refractivity contribution in [3.05, 3.63) is 10.1 Å². The maximum atomic E-state index is 10.3. The van der Waals surface area contributed by atoms with Crippen molar-refractivity contribution in [3.8, 4) is 0 Å². The predicted octanol–water partition coefficient (Wildman–Crippen LogP) is 1.02. The van der Waals surface area contributed by atoms with Crippen molar-refractivity contribution in [2.75, 3.05) is 13.2 Å². The average Bonchev–Trinajstić information content (AvgIpc) is 2.65. The van der Waals surface area contributed by atoms with E-state index in [-0.39, 0.29) is 30.1 Å². The van der Waals surface area contributed by atoms with E-state index in [2.05, 4.69) is 25.6 Å². The fourth-order valence-electron chi connectivity index (χ4n) is 2.41. The molecule has 92 valence electrons. The van der Waals surface area contributed by atoms with E-state index in [4.69, 9.17) is 9.47 Å². The van der Waals surface area contributed by atoms with Gasteiger partial charge in [0.1, 0.15) is 6.10 Å². The Hall–Kier alpha value is -0.880. The van der Waals surface area contributed by atoms with Gasteiger partial charge in [-0.2, -0.15) is 0 Å². The predicted molar refractivity (Wildman–Crippen MR) is 54.3 cm³/mol. The summed E-state index contributed by atoms with van der Waals surface area (Å²) in [6, 6.07) is 0. The van der Waals surface area contributed by atoms with Gasteiger partial charge in [-0.05, 0) is 5.41 Å². The number of hydrogen-bond donors (Lipinski definition) is 0. The summed E-state index contributed by atoms with van der Waals surface area (Å²) in [6.45, 7) is 7.18. The van der Waals surface area contributed by atoms with Crippen LogP contribution in [0.25, 0.3) is 0 Å². The molecule has 2 aliphatic heterocycles. The highest BCUT2D eigenvalue weighted by Gasteiger charge is 2.52. The zero-order valence-corrected chi connectivity index (χ0v) is 9.71. The highest BCUT2D eigenvalue weighted by Crippen LogP contribution is 2.41. The van der Waals surface area contributed by atoms with Crippen LogP contribution in [-0.4, -0.2) is 36.6 Å². The van der Waals surface area contributed by atoms with Gasteiger partial charge < -0.3 is 14.3 Å². The summed E-state index contributed by atoms with van der Waals surface area (Å²) >= 11 is 0. The smallest absolute Gasteiger partial charge is 0.294 e. The minimum Gasteiger partial charge on any atom is -0.373 e. The Morgan fingerprint density at radius 3 is 2.44 bits per heavy atom.